The van der Waals surface area contributed by atoms with E-state index in [0.29, 0.717) is 18.7 Å². The Morgan fingerprint density at radius 1 is 1.07 bits per heavy atom. The van der Waals surface area contributed by atoms with Gasteiger partial charge in [0.2, 0.25) is 5.91 Å². The first-order chi connectivity index (χ1) is 13.7. The highest BCUT2D eigenvalue weighted by atomic mass is 16.2. The number of anilines is 1. The Kier molecular flexibility index (Phi) is 7.06. The Bertz CT molecular complexity index is 764. The molecule has 1 aliphatic heterocycles. The fraction of sp³-hybridized carbons (Fsp3) is 0.391. The lowest BCUT2D eigenvalue weighted by Gasteiger charge is -2.25. The number of carbonyl (C=O) groups is 2. The summed E-state index contributed by atoms with van der Waals surface area (Å²) < 4.78 is 0. The Hall–Kier alpha value is -2.82. The second-order valence-electron chi connectivity index (χ2n) is 7.08. The summed E-state index contributed by atoms with van der Waals surface area (Å²) in [6, 6.07) is 19.1. The van der Waals surface area contributed by atoms with Gasteiger partial charge in [0.25, 0.3) is 5.91 Å². The van der Waals surface area contributed by atoms with Gasteiger partial charge in [0.15, 0.2) is 0 Å². The Labute approximate surface area is 167 Å². The zero-order valence-corrected chi connectivity index (χ0v) is 16.5. The number of amides is 2. The molecule has 0 spiro atoms. The first-order valence-corrected chi connectivity index (χ1v) is 10.1. The topological polar surface area (TPSA) is 52.7 Å². The number of nitrogens with one attached hydrogen (secondary N) is 1. The lowest BCUT2D eigenvalue weighted by molar-refractivity contribution is -0.124. The van der Waals surface area contributed by atoms with Crippen LogP contribution in [0.15, 0.2) is 60.7 Å². The first kappa shape index (κ1) is 19.9. The van der Waals surface area contributed by atoms with Gasteiger partial charge >= 0.3 is 0 Å². The predicted molar refractivity (Wildman–Crippen MR) is 112 cm³/mol. The van der Waals surface area contributed by atoms with Crippen LogP contribution in [0.4, 0.5) is 5.69 Å². The maximum absolute atomic E-state index is 12.7. The third kappa shape index (κ3) is 4.91. The van der Waals surface area contributed by atoms with Crippen LogP contribution in [0, 0.1) is 0 Å². The lowest BCUT2D eigenvalue weighted by atomic mass is 10.1. The summed E-state index contributed by atoms with van der Waals surface area (Å²) in [5.74, 6) is -0.0935. The lowest BCUT2D eigenvalue weighted by Crippen LogP contribution is -2.46. The molecule has 0 aliphatic carbocycles. The molecule has 0 saturated carbocycles. The minimum Gasteiger partial charge on any atom is -0.372 e. The molecule has 1 N–H and O–H groups in total. The molecule has 2 aromatic carbocycles. The van der Waals surface area contributed by atoms with Gasteiger partial charge in [0.1, 0.15) is 6.04 Å². The van der Waals surface area contributed by atoms with Crippen molar-refractivity contribution in [3.63, 3.8) is 0 Å². The molecule has 2 aromatic rings. The summed E-state index contributed by atoms with van der Waals surface area (Å²) in [5, 5.41) is 3.03. The van der Waals surface area contributed by atoms with E-state index >= 15 is 0 Å². The maximum atomic E-state index is 12.7. The third-order valence-corrected chi connectivity index (χ3v) is 5.24. The average Bonchev–Trinajstić information content (AvgIpc) is 3.24. The van der Waals surface area contributed by atoms with Gasteiger partial charge < -0.3 is 15.1 Å². The van der Waals surface area contributed by atoms with Crippen molar-refractivity contribution in [2.24, 2.45) is 0 Å². The van der Waals surface area contributed by atoms with E-state index in [1.807, 2.05) is 36.4 Å². The van der Waals surface area contributed by atoms with Crippen LogP contribution in [-0.4, -0.2) is 48.9 Å². The van der Waals surface area contributed by atoms with Crippen molar-refractivity contribution in [3.8, 4) is 0 Å². The van der Waals surface area contributed by atoms with Crippen molar-refractivity contribution in [3.05, 3.63) is 66.2 Å². The Morgan fingerprint density at radius 2 is 1.75 bits per heavy atom. The molecule has 28 heavy (non-hydrogen) atoms. The summed E-state index contributed by atoms with van der Waals surface area (Å²) >= 11 is 0. The number of para-hydroxylation sites is 1. The number of hydrogen-bond donors (Lipinski definition) is 1. The predicted octanol–water partition coefficient (Wildman–Crippen LogP) is 3.32. The smallest absolute Gasteiger partial charge is 0.254 e. The molecule has 0 radical (unpaired) electrons. The van der Waals surface area contributed by atoms with E-state index in [9.17, 15) is 9.59 Å². The van der Waals surface area contributed by atoms with Gasteiger partial charge in [-0.2, -0.15) is 0 Å². The second-order valence-corrected chi connectivity index (χ2v) is 7.08. The van der Waals surface area contributed by atoms with E-state index < -0.39 is 0 Å². The molecule has 1 aliphatic rings. The molecule has 1 saturated heterocycles. The van der Waals surface area contributed by atoms with Crippen LogP contribution in [0.1, 0.15) is 36.5 Å². The van der Waals surface area contributed by atoms with E-state index in [1.54, 1.807) is 17.0 Å². The fourth-order valence-electron chi connectivity index (χ4n) is 3.74. The van der Waals surface area contributed by atoms with Crippen LogP contribution in [0.2, 0.25) is 0 Å². The van der Waals surface area contributed by atoms with Gasteiger partial charge in [-0.1, -0.05) is 36.4 Å². The molecule has 1 heterocycles. The molecule has 5 heteroatoms. The SMILES string of the molecule is CCN(CCCNC(=O)C1CCCN1C(=O)c1ccccc1)c1ccccc1. The Morgan fingerprint density at radius 3 is 2.43 bits per heavy atom. The van der Waals surface area contributed by atoms with Crippen LogP contribution < -0.4 is 10.2 Å². The van der Waals surface area contributed by atoms with Gasteiger partial charge in [-0.3, -0.25) is 9.59 Å². The van der Waals surface area contributed by atoms with E-state index in [0.717, 1.165) is 32.4 Å². The van der Waals surface area contributed by atoms with Crippen LogP contribution in [0.5, 0.6) is 0 Å². The van der Waals surface area contributed by atoms with Crippen LogP contribution in [-0.2, 0) is 4.79 Å². The van der Waals surface area contributed by atoms with Crippen molar-refractivity contribution in [2.75, 3.05) is 31.1 Å². The number of rotatable bonds is 8. The summed E-state index contributed by atoms with van der Waals surface area (Å²) in [5.41, 5.74) is 1.84. The van der Waals surface area contributed by atoms with Crippen molar-refractivity contribution in [1.29, 1.82) is 0 Å². The monoisotopic (exact) mass is 379 g/mol. The molecule has 0 bridgehead atoms. The number of benzene rings is 2. The number of carbonyl (C=O) groups excluding carboxylic acids is 2. The molecule has 5 nitrogen and oxygen atoms in total. The van der Waals surface area contributed by atoms with Gasteiger partial charge in [-0.05, 0) is 50.5 Å². The minimum atomic E-state index is -0.357. The van der Waals surface area contributed by atoms with E-state index in [2.05, 4.69) is 29.3 Å². The second kappa shape index (κ2) is 9.93. The molecule has 148 valence electrons. The van der Waals surface area contributed by atoms with Gasteiger partial charge in [-0.15, -0.1) is 0 Å². The molecular formula is C23H29N3O2. The number of likely N-dealkylation sites (tertiary alicyclic amines) is 1. The number of hydrogen-bond acceptors (Lipinski definition) is 3. The molecule has 1 atom stereocenters. The highest BCUT2D eigenvalue weighted by Gasteiger charge is 2.34. The summed E-state index contributed by atoms with van der Waals surface area (Å²) in [6.45, 7) is 5.21. The van der Waals surface area contributed by atoms with E-state index in [-0.39, 0.29) is 17.9 Å². The highest BCUT2D eigenvalue weighted by Crippen LogP contribution is 2.20. The summed E-state index contributed by atoms with van der Waals surface area (Å²) in [7, 11) is 0. The van der Waals surface area contributed by atoms with Crippen LogP contribution >= 0.6 is 0 Å². The van der Waals surface area contributed by atoms with Crippen LogP contribution in [0.25, 0.3) is 0 Å². The summed E-state index contributed by atoms with van der Waals surface area (Å²) in [4.78, 5) is 29.4. The molecule has 3 rings (SSSR count). The number of nitrogens with zero attached hydrogens (tertiary/aromatic N) is 2. The van der Waals surface area contributed by atoms with E-state index in [1.165, 1.54) is 5.69 Å². The van der Waals surface area contributed by atoms with Crippen molar-refractivity contribution >= 4 is 17.5 Å². The molecule has 2 amide bonds. The zero-order chi connectivity index (χ0) is 19.8. The third-order valence-electron chi connectivity index (χ3n) is 5.24. The molecular weight excluding hydrogens is 350 g/mol. The molecule has 0 aromatic heterocycles. The highest BCUT2D eigenvalue weighted by molar-refractivity contribution is 5.97. The van der Waals surface area contributed by atoms with Gasteiger partial charge in [0, 0.05) is 37.4 Å². The quantitative estimate of drug-likeness (QED) is 0.716. The zero-order valence-electron chi connectivity index (χ0n) is 16.5. The largest absolute Gasteiger partial charge is 0.372 e. The van der Waals surface area contributed by atoms with Crippen molar-refractivity contribution in [1.82, 2.24) is 10.2 Å². The molecule has 1 unspecified atom stereocenters. The minimum absolute atomic E-state index is 0.0375. The van der Waals surface area contributed by atoms with Crippen molar-refractivity contribution in [2.45, 2.75) is 32.2 Å². The standard InChI is InChI=1S/C23H29N3O2/c1-2-25(20-13-7-4-8-14-20)17-10-16-24-22(27)21-15-9-18-26(21)23(28)19-11-5-3-6-12-19/h3-8,11-14,21H,2,9-10,15-18H2,1H3,(H,24,27). The van der Waals surface area contributed by atoms with E-state index in [4.69, 9.17) is 0 Å². The Balaban J connectivity index is 1.48. The van der Waals surface area contributed by atoms with Gasteiger partial charge in [0.05, 0.1) is 0 Å². The average molecular weight is 380 g/mol. The fourth-order valence-corrected chi connectivity index (χ4v) is 3.74. The molecule has 1 fully saturated rings. The van der Waals surface area contributed by atoms with Crippen LogP contribution in [0.3, 0.4) is 0 Å². The summed E-state index contributed by atoms with van der Waals surface area (Å²) in [6.07, 6.45) is 2.47. The first-order valence-electron chi connectivity index (χ1n) is 10.1. The maximum Gasteiger partial charge on any atom is 0.254 e. The van der Waals surface area contributed by atoms with Crippen molar-refractivity contribution < 1.29 is 9.59 Å². The normalized spacial score (nSPS) is 16.0. The van der Waals surface area contributed by atoms with Gasteiger partial charge in [-0.25, -0.2) is 0 Å².